The molecule has 0 aliphatic heterocycles. The Kier molecular flexibility index (Phi) is 1.93. The van der Waals surface area contributed by atoms with Gasteiger partial charge in [-0.3, -0.25) is 0 Å². The smallest absolute Gasteiger partial charge is 0.124 e. The predicted molar refractivity (Wildman–Crippen MR) is 42.2 cm³/mol. The molecular formula is C9H13NO. The molecule has 0 N–H and O–H groups in total. The van der Waals surface area contributed by atoms with Crippen LogP contribution in [0.3, 0.4) is 0 Å². The van der Waals surface area contributed by atoms with E-state index in [1.54, 1.807) is 6.26 Å². The summed E-state index contributed by atoms with van der Waals surface area (Å²) in [6.45, 7) is 0. The first-order valence-corrected chi connectivity index (χ1v) is 4.34. The Bertz CT molecular complexity index is 199. The summed E-state index contributed by atoms with van der Waals surface area (Å²) in [6.07, 6.45) is 8.35. The molecule has 11 heavy (non-hydrogen) atoms. The third-order valence-electron chi connectivity index (χ3n) is 2.46. The van der Waals surface area contributed by atoms with Gasteiger partial charge in [0, 0.05) is 6.07 Å². The van der Waals surface area contributed by atoms with Crippen LogP contribution in [0, 0.1) is 5.92 Å². The van der Waals surface area contributed by atoms with Crippen molar-refractivity contribution in [3.05, 3.63) is 18.0 Å². The maximum absolute atomic E-state index is 4.77. The molecule has 1 saturated carbocycles. The molecule has 0 atom stereocenters. The van der Waals surface area contributed by atoms with Crippen molar-refractivity contribution in [1.82, 2.24) is 5.16 Å². The minimum absolute atomic E-state index is 0.875. The number of aromatic nitrogens is 1. The van der Waals surface area contributed by atoms with Crippen LogP contribution in [0.15, 0.2) is 16.9 Å². The first kappa shape index (κ1) is 6.89. The Morgan fingerprint density at radius 3 is 2.91 bits per heavy atom. The van der Waals surface area contributed by atoms with Gasteiger partial charge < -0.3 is 4.52 Å². The Morgan fingerprint density at radius 1 is 1.45 bits per heavy atom. The molecule has 0 radical (unpaired) electrons. The first-order chi connectivity index (χ1) is 5.45. The van der Waals surface area contributed by atoms with Crippen molar-refractivity contribution in [2.75, 3.05) is 0 Å². The molecule has 1 aromatic rings. The van der Waals surface area contributed by atoms with Gasteiger partial charge in [0.1, 0.15) is 6.26 Å². The number of rotatable bonds is 2. The average Bonchev–Trinajstić information content (AvgIpc) is 2.60. The van der Waals surface area contributed by atoms with E-state index in [1.165, 1.54) is 25.7 Å². The maximum atomic E-state index is 4.77. The molecule has 1 fully saturated rings. The molecule has 2 nitrogen and oxygen atoms in total. The molecule has 1 heterocycles. The summed E-state index contributed by atoms with van der Waals surface area (Å²) in [5.41, 5.74) is 1.12. The molecule has 1 aliphatic carbocycles. The molecule has 0 saturated heterocycles. The minimum atomic E-state index is 0.875. The van der Waals surface area contributed by atoms with Crippen molar-refractivity contribution in [2.45, 2.75) is 32.1 Å². The van der Waals surface area contributed by atoms with Crippen LogP contribution in [-0.4, -0.2) is 5.16 Å². The largest absolute Gasteiger partial charge is 0.365 e. The summed E-state index contributed by atoms with van der Waals surface area (Å²) in [7, 11) is 0. The quantitative estimate of drug-likeness (QED) is 0.648. The van der Waals surface area contributed by atoms with Gasteiger partial charge >= 0.3 is 0 Å². The lowest BCUT2D eigenvalue weighted by molar-refractivity contribution is 0.403. The van der Waals surface area contributed by atoms with Crippen LogP contribution in [0.4, 0.5) is 0 Å². The van der Waals surface area contributed by atoms with Crippen LogP contribution in [0.1, 0.15) is 31.4 Å². The van der Waals surface area contributed by atoms with Gasteiger partial charge in [0.25, 0.3) is 0 Å². The first-order valence-electron chi connectivity index (χ1n) is 4.34. The zero-order chi connectivity index (χ0) is 7.52. The van der Waals surface area contributed by atoms with E-state index < -0.39 is 0 Å². The van der Waals surface area contributed by atoms with E-state index in [9.17, 15) is 0 Å². The molecule has 60 valence electrons. The molecular weight excluding hydrogens is 138 g/mol. The van der Waals surface area contributed by atoms with Crippen molar-refractivity contribution in [2.24, 2.45) is 5.92 Å². The van der Waals surface area contributed by atoms with Gasteiger partial charge in [0.15, 0.2) is 0 Å². The van der Waals surface area contributed by atoms with Gasteiger partial charge in [-0.15, -0.1) is 0 Å². The van der Waals surface area contributed by atoms with E-state index >= 15 is 0 Å². The summed E-state index contributed by atoms with van der Waals surface area (Å²) in [5, 5.41) is 3.90. The Balaban J connectivity index is 1.90. The van der Waals surface area contributed by atoms with Crippen LogP contribution < -0.4 is 0 Å². The third kappa shape index (κ3) is 1.62. The second-order valence-electron chi connectivity index (χ2n) is 3.35. The monoisotopic (exact) mass is 151 g/mol. The highest BCUT2D eigenvalue weighted by Crippen LogP contribution is 2.27. The van der Waals surface area contributed by atoms with Crippen LogP contribution >= 0.6 is 0 Å². The standard InChI is InChI=1S/C9H13NO/c1-2-4-8(3-1)7-9-5-6-11-10-9/h5-6,8H,1-4,7H2. The van der Waals surface area contributed by atoms with Crippen LogP contribution in [-0.2, 0) is 6.42 Å². The Morgan fingerprint density at radius 2 is 2.27 bits per heavy atom. The fourth-order valence-corrected chi connectivity index (χ4v) is 1.85. The highest BCUT2D eigenvalue weighted by molar-refractivity contribution is 4.97. The molecule has 0 amide bonds. The topological polar surface area (TPSA) is 26.0 Å². The van der Waals surface area contributed by atoms with Gasteiger partial charge in [-0.25, -0.2) is 0 Å². The maximum Gasteiger partial charge on any atom is 0.124 e. The lowest BCUT2D eigenvalue weighted by Crippen LogP contribution is -1.98. The molecule has 1 aliphatic rings. The molecule has 2 heteroatoms. The van der Waals surface area contributed by atoms with Crippen molar-refractivity contribution >= 4 is 0 Å². The number of hydrogen-bond acceptors (Lipinski definition) is 2. The van der Waals surface area contributed by atoms with Gasteiger partial charge in [0.05, 0.1) is 5.69 Å². The van der Waals surface area contributed by atoms with E-state index in [0.29, 0.717) is 0 Å². The lowest BCUT2D eigenvalue weighted by Gasteiger charge is -2.03. The van der Waals surface area contributed by atoms with Gasteiger partial charge in [-0.05, 0) is 12.3 Å². The minimum Gasteiger partial charge on any atom is -0.365 e. The summed E-state index contributed by atoms with van der Waals surface area (Å²) < 4.78 is 4.77. The molecule has 0 aromatic carbocycles. The highest BCUT2D eigenvalue weighted by atomic mass is 16.5. The van der Waals surface area contributed by atoms with Gasteiger partial charge in [-0.2, -0.15) is 0 Å². The molecule has 0 unspecified atom stereocenters. The number of hydrogen-bond donors (Lipinski definition) is 0. The summed E-state index contributed by atoms with van der Waals surface area (Å²) in [6, 6.07) is 1.97. The number of nitrogens with zero attached hydrogens (tertiary/aromatic N) is 1. The second kappa shape index (κ2) is 3.07. The predicted octanol–water partition coefficient (Wildman–Crippen LogP) is 2.41. The van der Waals surface area contributed by atoms with E-state index in [0.717, 1.165) is 18.0 Å². The lowest BCUT2D eigenvalue weighted by atomic mass is 10.0. The third-order valence-corrected chi connectivity index (χ3v) is 2.46. The Labute approximate surface area is 66.6 Å². The fourth-order valence-electron chi connectivity index (χ4n) is 1.85. The second-order valence-corrected chi connectivity index (χ2v) is 3.35. The zero-order valence-corrected chi connectivity index (χ0v) is 6.62. The summed E-state index contributed by atoms with van der Waals surface area (Å²) >= 11 is 0. The van der Waals surface area contributed by atoms with E-state index in [-0.39, 0.29) is 0 Å². The SMILES string of the molecule is c1cc(CC2CCCC2)no1. The van der Waals surface area contributed by atoms with E-state index in [2.05, 4.69) is 5.16 Å². The molecule has 2 rings (SSSR count). The summed E-state index contributed by atoms with van der Waals surface area (Å²) in [5.74, 6) is 0.875. The van der Waals surface area contributed by atoms with Crippen molar-refractivity contribution in [3.8, 4) is 0 Å². The summed E-state index contributed by atoms with van der Waals surface area (Å²) in [4.78, 5) is 0. The average molecular weight is 151 g/mol. The van der Waals surface area contributed by atoms with Crippen molar-refractivity contribution < 1.29 is 4.52 Å². The van der Waals surface area contributed by atoms with Gasteiger partial charge in [0.2, 0.25) is 0 Å². The zero-order valence-electron chi connectivity index (χ0n) is 6.62. The molecule has 1 aromatic heterocycles. The van der Waals surface area contributed by atoms with Crippen LogP contribution in [0.2, 0.25) is 0 Å². The molecule has 0 bridgehead atoms. The van der Waals surface area contributed by atoms with Crippen molar-refractivity contribution in [3.63, 3.8) is 0 Å². The van der Waals surface area contributed by atoms with E-state index in [4.69, 9.17) is 4.52 Å². The van der Waals surface area contributed by atoms with E-state index in [1.807, 2.05) is 6.07 Å². The van der Waals surface area contributed by atoms with Gasteiger partial charge in [-0.1, -0.05) is 30.8 Å². The van der Waals surface area contributed by atoms with Crippen molar-refractivity contribution in [1.29, 1.82) is 0 Å². The fraction of sp³-hybridized carbons (Fsp3) is 0.667. The highest BCUT2D eigenvalue weighted by Gasteiger charge is 2.16. The van der Waals surface area contributed by atoms with Crippen LogP contribution in [0.5, 0.6) is 0 Å². The normalized spacial score (nSPS) is 19.3. The Hall–Kier alpha value is -0.790. The van der Waals surface area contributed by atoms with Crippen LogP contribution in [0.25, 0.3) is 0 Å². The molecule has 0 spiro atoms.